The van der Waals surface area contributed by atoms with Gasteiger partial charge in [-0.25, -0.2) is 4.79 Å². The minimum atomic E-state index is -0.470. The number of carbonyl (C=O) groups excluding carboxylic acids is 2. The van der Waals surface area contributed by atoms with Gasteiger partial charge in [0, 0.05) is 16.7 Å². The van der Waals surface area contributed by atoms with E-state index in [0.717, 1.165) is 0 Å². The van der Waals surface area contributed by atoms with E-state index in [2.05, 4.69) is 4.74 Å². The first-order valence-corrected chi connectivity index (χ1v) is 4.56. The van der Waals surface area contributed by atoms with E-state index < -0.39 is 5.97 Å². The molecule has 0 N–H and O–H groups in total. The van der Waals surface area contributed by atoms with Gasteiger partial charge in [-0.1, -0.05) is 17.7 Å². The highest BCUT2D eigenvalue weighted by atomic mass is 35.5. The highest BCUT2D eigenvalue weighted by Gasteiger charge is 1.99. The molecule has 0 amide bonds. The molecule has 1 rings (SSSR count). The third-order valence-corrected chi connectivity index (χ3v) is 2.10. The minimum absolute atomic E-state index is 0.470. The van der Waals surface area contributed by atoms with Crippen LogP contribution in [0.2, 0.25) is 5.02 Å². The maximum absolute atomic E-state index is 10.8. The summed E-state index contributed by atoms with van der Waals surface area (Å²) in [5, 5.41) is 0.473. The zero-order valence-electron chi connectivity index (χ0n) is 8.07. The number of rotatable bonds is 3. The number of ether oxygens (including phenoxy) is 1. The molecule has 0 aliphatic heterocycles. The smallest absolute Gasteiger partial charge is 0.330 e. The van der Waals surface area contributed by atoms with Gasteiger partial charge < -0.3 is 4.74 Å². The lowest BCUT2D eigenvalue weighted by molar-refractivity contribution is -0.134. The Hall–Kier alpha value is -1.61. The Morgan fingerprint density at radius 1 is 1.47 bits per heavy atom. The molecule has 4 heteroatoms. The molecular formula is C11H9ClO3. The molecule has 0 bridgehead atoms. The standard InChI is InChI=1S/C11H9ClO3/c1-15-11(14)5-3-9-6-8(7-13)2-4-10(9)12/h2-7H,1H3. The first-order chi connectivity index (χ1) is 7.17. The van der Waals surface area contributed by atoms with Gasteiger partial charge in [-0.3, -0.25) is 4.79 Å². The Labute approximate surface area is 92.3 Å². The van der Waals surface area contributed by atoms with Gasteiger partial charge in [0.2, 0.25) is 0 Å². The number of hydrogen-bond acceptors (Lipinski definition) is 3. The van der Waals surface area contributed by atoms with Crippen molar-refractivity contribution in [1.29, 1.82) is 0 Å². The molecule has 78 valence electrons. The predicted octanol–water partition coefficient (Wildman–Crippen LogP) is 2.34. The average molecular weight is 225 g/mol. The van der Waals surface area contributed by atoms with E-state index in [1.807, 2.05) is 0 Å². The van der Waals surface area contributed by atoms with Crippen LogP contribution in [0, 0.1) is 0 Å². The molecule has 0 fully saturated rings. The summed E-state index contributed by atoms with van der Waals surface area (Å²) in [5.41, 5.74) is 1.11. The van der Waals surface area contributed by atoms with E-state index in [4.69, 9.17) is 11.6 Å². The van der Waals surface area contributed by atoms with Gasteiger partial charge in [0.1, 0.15) is 6.29 Å². The Kier molecular flexibility index (Phi) is 4.06. The van der Waals surface area contributed by atoms with Crippen LogP contribution in [-0.2, 0) is 9.53 Å². The van der Waals surface area contributed by atoms with Gasteiger partial charge in [0.15, 0.2) is 0 Å². The molecule has 0 radical (unpaired) electrons. The number of carbonyl (C=O) groups is 2. The highest BCUT2D eigenvalue weighted by molar-refractivity contribution is 6.32. The maximum Gasteiger partial charge on any atom is 0.330 e. The zero-order valence-corrected chi connectivity index (χ0v) is 8.82. The number of methoxy groups -OCH3 is 1. The second kappa shape index (κ2) is 5.32. The van der Waals surface area contributed by atoms with Crippen LogP contribution in [0.4, 0.5) is 0 Å². The lowest BCUT2D eigenvalue weighted by Crippen LogP contribution is -1.93. The first-order valence-electron chi connectivity index (χ1n) is 4.18. The van der Waals surface area contributed by atoms with Crippen molar-refractivity contribution in [2.45, 2.75) is 0 Å². The van der Waals surface area contributed by atoms with Crippen LogP contribution in [0.15, 0.2) is 24.3 Å². The second-order valence-corrected chi connectivity index (χ2v) is 3.16. The van der Waals surface area contributed by atoms with E-state index in [1.165, 1.54) is 19.3 Å². The summed E-state index contributed by atoms with van der Waals surface area (Å²) >= 11 is 5.86. The fourth-order valence-electron chi connectivity index (χ4n) is 0.989. The summed E-state index contributed by atoms with van der Waals surface area (Å²) in [5.74, 6) is -0.470. The van der Waals surface area contributed by atoms with Crippen molar-refractivity contribution < 1.29 is 14.3 Å². The van der Waals surface area contributed by atoms with Crippen LogP contribution in [-0.4, -0.2) is 19.4 Å². The molecule has 0 aliphatic carbocycles. The molecule has 0 unspecified atom stereocenters. The van der Waals surface area contributed by atoms with Crippen LogP contribution >= 0.6 is 11.6 Å². The Bertz CT molecular complexity index is 410. The quantitative estimate of drug-likeness (QED) is 0.450. The van der Waals surface area contributed by atoms with Crippen molar-refractivity contribution in [3.8, 4) is 0 Å². The van der Waals surface area contributed by atoms with Crippen molar-refractivity contribution in [1.82, 2.24) is 0 Å². The van der Waals surface area contributed by atoms with Crippen LogP contribution < -0.4 is 0 Å². The van der Waals surface area contributed by atoms with Crippen molar-refractivity contribution in [2.75, 3.05) is 7.11 Å². The molecule has 15 heavy (non-hydrogen) atoms. The second-order valence-electron chi connectivity index (χ2n) is 2.76. The lowest BCUT2D eigenvalue weighted by atomic mass is 10.1. The number of benzene rings is 1. The summed E-state index contributed by atoms with van der Waals surface area (Å²) in [6.07, 6.45) is 3.46. The van der Waals surface area contributed by atoms with Crippen molar-refractivity contribution >= 4 is 29.9 Å². The fraction of sp³-hybridized carbons (Fsp3) is 0.0909. The molecule has 3 nitrogen and oxygen atoms in total. The van der Waals surface area contributed by atoms with Gasteiger partial charge in [-0.05, 0) is 23.8 Å². The summed E-state index contributed by atoms with van der Waals surface area (Å²) in [6, 6.07) is 4.79. The van der Waals surface area contributed by atoms with Crippen molar-refractivity contribution in [3.05, 3.63) is 40.4 Å². The lowest BCUT2D eigenvalue weighted by Gasteiger charge is -1.98. The maximum atomic E-state index is 10.8. The normalized spacial score (nSPS) is 10.3. The monoisotopic (exact) mass is 224 g/mol. The highest BCUT2D eigenvalue weighted by Crippen LogP contribution is 2.18. The summed E-state index contributed by atoms with van der Waals surface area (Å²) < 4.78 is 4.43. The fourth-order valence-corrected chi connectivity index (χ4v) is 1.17. The van der Waals surface area contributed by atoms with Gasteiger partial charge in [0.25, 0.3) is 0 Å². The SMILES string of the molecule is COC(=O)C=Cc1cc(C=O)ccc1Cl. The molecular weight excluding hydrogens is 216 g/mol. The van der Waals surface area contributed by atoms with Crippen molar-refractivity contribution in [3.63, 3.8) is 0 Å². The Balaban J connectivity index is 2.97. The molecule has 0 saturated carbocycles. The largest absolute Gasteiger partial charge is 0.466 e. The molecule has 0 atom stereocenters. The third kappa shape index (κ3) is 3.22. The van der Waals surface area contributed by atoms with Gasteiger partial charge >= 0.3 is 5.97 Å². The van der Waals surface area contributed by atoms with Crippen LogP contribution in [0.3, 0.4) is 0 Å². The number of halogens is 1. The van der Waals surface area contributed by atoms with E-state index in [0.29, 0.717) is 22.4 Å². The van der Waals surface area contributed by atoms with Gasteiger partial charge in [0.05, 0.1) is 7.11 Å². The molecule has 1 aromatic rings. The molecule has 0 aliphatic rings. The van der Waals surface area contributed by atoms with E-state index >= 15 is 0 Å². The van der Waals surface area contributed by atoms with Crippen LogP contribution in [0.5, 0.6) is 0 Å². The molecule has 0 saturated heterocycles. The first kappa shape index (κ1) is 11.5. The van der Waals surface area contributed by atoms with Crippen LogP contribution in [0.25, 0.3) is 6.08 Å². The summed E-state index contributed by atoms with van der Waals surface area (Å²) in [6.45, 7) is 0. The molecule has 0 aromatic heterocycles. The Morgan fingerprint density at radius 3 is 2.80 bits per heavy atom. The van der Waals surface area contributed by atoms with Crippen molar-refractivity contribution in [2.24, 2.45) is 0 Å². The minimum Gasteiger partial charge on any atom is -0.466 e. The number of aldehydes is 1. The average Bonchev–Trinajstić information content (AvgIpc) is 2.27. The topological polar surface area (TPSA) is 43.4 Å². The summed E-state index contributed by atoms with van der Waals surface area (Å²) in [7, 11) is 1.29. The number of esters is 1. The molecule has 1 aromatic carbocycles. The van der Waals surface area contributed by atoms with Crippen LogP contribution in [0.1, 0.15) is 15.9 Å². The zero-order chi connectivity index (χ0) is 11.3. The van der Waals surface area contributed by atoms with Gasteiger partial charge in [-0.2, -0.15) is 0 Å². The number of hydrogen-bond donors (Lipinski definition) is 0. The third-order valence-electron chi connectivity index (χ3n) is 1.76. The predicted molar refractivity (Wildman–Crippen MR) is 57.9 cm³/mol. The van der Waals surface area contributed by atoms with Gasteiger partial charge in [-0.15, -0.1) is 0 Å². The Morgan fingerprint density at radius 2 is 2.20 bits per heavy atom. The summed E-state index contributed by atoms with van der Waals surface area (Å²) in [4.78, 5) is 21.3. The molecule has 0 heterocycles. The van der Waals surface area contributed by atoms with E-state index in [9.17, 15) is 9.59 Å². The molecule has 0 spiro atoms. The van der Waals surface area contributed by atoms with E-state index in [1.54, 1.807) is 18.2 Å². The van der Waals surface area contributed by atoms with E-state index in [-0.39, 0.29) is 0 Å².